The smallest absolute Gasteiger partial charge is 0.227 e. The van der Waals surface area contributed by atoms with Crippen molar-refractivity contribution in [3.8, 4) is 5.75 Å². The normalized spacial score (nSPS) is 16.7. The van der Waals surface area contributed by atoms with Crippen LogP contribution in [0.5, 0.6) is 5.75 Å². The van der Waals surface area contributed by atoms with Crippen molar-refractivity contribution in [3.63, 3.8) is 0 Å². The van der Waals surface area contributed by atoms with Gasteiger partial charge in [-0.15, -0.1) is 0 Å². The quantitative estimate of drug-likeness (QED) is 0.789. The first-order chi connectivity index (χ1) is 13.0. The number of hydrogen-bond donors (Lipinski definition) is 1. The van der Waals surface area contributed by atoms with Gasteiger partial charge in [0.25, 0.3) is 0 Å². The van der Waals surface area contributed by atoms with Gasteiger partial charge in [0, 0.05) is 12.0 Å². The summed E-state index contributed by atoms with van der Waals surface area (Å²) >= 11 is 5.91. The van der Waals surface area contributed by atoms with E-state index in [4.69, 9.17) is 16.3 Å². The Morgan fingerprint density at radius 3 is 2.63 bits per heavy atom. The molecule has 0 spiro atoms. The molecule has 1 fully saturated rings. The molecule has 144 valence electrons. The zero-order valence-electron chi connectivity index (χ0n) is 15.5. The van der Waals surface area contributed by atoms with Crippen LogP contribution in [0.4, 0.5) is 10.1 Å². The largest absolute Gasteiger partial charge is 0.495 e. The van der Waals surface area contributed by atoms with Crippen molar-refractivity contribution in [2.45, 2.75) is 25.8 Å². The van der Waals surface area contributed by atoms with Gasteiger partial charge in [0.2, 0.25) is 5.91 Å². The predicted octanol–water partition coefficient (Wildman–Crippen LogP) is 4.90. The van der Waals surface area contributed by atoms with Gasteiger partial charge in [-0.1, -0.05) is 29.8 Å². The summed E-state index contributed by atoms with van der Waals surface area (Å²) in [6.07, 6.45) is 1.56. The number of para-hydroxylation sites is 2. The van der Waals surface area contributed by atoms with Crippen molar-refractivity contribution in [2.75, 3.05) is 25.5 Å². The molecule has 0 radical (unpaired) electrons. The average Bonchev–Trinajstić information content (AvgIpc) is 2.70. The van der Waals surface area contributed by atoms with E-state index in [-0.39, 0.29) is 22.9 Å². The van der Waals surface area contributed by atoms with Gasteiger partial charge >= 0.3 is 0 Å². The van der Waals surface area contributed by atoms with Crippen LogP contribution in [-0.2, 0) is 4.79 Å². The van der Waals surface area contributed by atoms with E-state index < -0.39 is 5.82 Å². The van der Waals surface area contributed by atoms with Gasteiger partial charge < -0.3 is 10.1 Å². The average molecular weight is 391 g/mol. The molecule has 0 saturated carbocycles. The van der Waals surface area contributed by atoms with Crippen LogP contribution < -0.4 is 10.1 Å². The van der Waals surface area contributed by atoms with E-state index in [1.165, 1.54) is 6.07 Å². The lowest BCUT2D eigenvalue weighted by Crippen LogP contribution is -2.39. The number of benzene rings is 2. The van der Waals surface area contributed by atoms with E-state index in [1.54, 1.807) is 19.2 Å². The number of anilines is 1. The van der Waals surface area contributed by atoms with E-state index >= 15 is 0 Å². The molecule has 1 saturated heterocycles. The SMILES string of the molecule is COc1ccccc1NC(=O)C1CCN(C(C)c2ccc(F)c(Cl)c2)CC1. The van der Waals surface area contributed by atoms with E-state index in [2.05, 4.69) is 17.1 Å². The fourth-order valence-corrected chi connectivity index (χ4v) is 3.70. The summed E-state index contributed by atoms with van der Waals surface area (Å²) in [4.78, 5) is 14.9. The van der Waals surface area contributed by atoms with E-state index in [0.29, 0.717) is 11.4 Å². The second kappa shape index (κ2) is 8.72. The summed E-state index contributed by atoms with van der Waals surface area (Å²) in [6, 6.07) is 12.4. The Morgan fingerprint density at radius 2 is 1.96 bits per heavy atom. The summed E-state index contributed by atoms with van der Waals surface area (Å²) in [7, 11) is 1.59. The molecule has 6 heteroatoms. The van der Waals surface area contributed by atoms with Crippen LogP contribution in [0.15, 0.2) is 42.5 Å². The predicted molar refractivity (Wildman–Crippen MR) is 106 cm³/mol. The molecule has 0 aliphatic carbocycles. The molecule has 0 aromatic heterocycles. The first-order valence-corrected chi connectivity index (χ1v) is 9.50. The van der Waals surface area contributed by atoms with Crippen molar-refractivity contribution in [1.82, 2.24) is 4.90 Å². The fraction of sp³-hybridized carbons (Fsp3) is 0.381. The number of piperidine rings is 1. The van der Waals surface area contributed by atoms with Gasteiger partial charge in [-0.05, 0) is 62.7 Å². The first-order valence-electron chi connectivity index (χ1n) is 9.12. The van der Waals surface area contributed by atoms with E-state index in [9.17, 15) is 9.18 Å². The topological polar surface area (TPSA) is 41.6 Å². The summed E-state index contributed by atoms with van der Waals surface area (Å²) in [6.45, 7) is 3.69. The number of ether oxygens (including phenoxy) is 1. The molecular weight excluding hydrogens is 367 g/mol. The Labute approximate surface area is 164 Å². The number of amides is 1. The number of nitrogens with one attached hydrogen (secondary N) is 1. The highest BCUT2D eigenvalue weighted by Gasteiger charge is 2.28. The fourth-order valence-electron chi connectivity index (χ4n) is 3.51. The molecule has 1 unspecified atom stereocenters. The number of rotatable bonds is 5. The molecule has 2 aromatic rings. The van der Waals surface area contributed by atoms with E-state index in [1.807, 2.05) is 24.3 Å². The van der Waals surface area contributed by atoms with Crippen LogP contribution >= 0.6 is 11.6 Å². The lowest BCUT2D eigenvalue weighted by Gasteiger charge is -2.35. The maximum Gasteiger partial charge on any atom is 0.227 e. The summed E-state index contributed by atoms with van der Waals surface area (Å²) in [5.74, 6) is 0.247. The molecule has 0 bridgehead atoms. The molecule has 1 atom stereocenters. The Balaban J connectivity index is 1.58. The van der Waals surface area contributed by atoms with Gasteiger partial charge in [0.05, 0.1) is 17.8 Å². The summed E-state index contributed by atoms with van der Waals surface area (Å²) in [5, 5.41) is 3.12. The van der Waals surface area contributed by atoms with Crippen molar-refractivity contribution < 1.29 is 13.9 Å². The number of carbonyl (C=O) groups is 1. The third-order valence-corrected chi connectivity index (χ3v) is 5.53. The molecule has 4 nitrogen and oxygen atoms in total. The Bertz CT molecular complexity index is 807. The lowest BCUT2D eigenvalue weighted by atomic mass is 9.93. The Morgan fingerprint density at radius 1 is 1.26 bits per heavy atom. The van der Waals surface area contributed by atoms with Crippen LogP contribution in [-0.4, -0.2) is 31.0 Å². The first kappa shape index (κ1) is 19.6. The van der Waals surface area contributed by atoms with Gasteiger partial charge in [0.15, 0.2) is 0 Å². The van der Waals surface area contributed by atoms with Gasteiger partial charge in [-0.2, -0.15) is 0 Å². The zero-order valence-corrected chi connectivity index (χ0v) is 16.3. The number of nitrogens with zero attached hydrogens (tertiary/aromatic N) is 1. The number of methoxy groups -OCH3 is 1. The number of halogens is 2. The molecule has 1 aliphatic rings. The maximum atomic E-state index is 13.4. The molecule has 27 heavy (non-hydrogen) atoms. The van der Waals surface area contributed by atoms with E-state index in [0.717, 1.165) is 31.5 Å². The van der Waals surface area contributed by atoms with Crippen LogP contribution in [0, 0.1) is 11.7 Å². The van der Waals surface area contributed by atoms with Crippen LogP contribution in [0.1, 0.15) is 31.4 Å². The van der Waals surface area contributed by atoms with Gasteiger partial charge in [0.1, 0.15) is 11.6 Å². The molecular formula is C21H24ClFN2O2. The monoisotopic (exact) mass is 390 g/mol. The van der Waals surface area contributed by atoms with Crippen LogP contribution in [0.3, 0.4) is 0 Å². The van der Waals surface area contributed by atoms with Gasteiger partial charge in [-0.3, -0.25) is 9.69 Å². The second-order valence-corrected chi connectivity index (χ2v) is 7.26. The Hall–Kier alpha value is -2.11. The number of likely N-dealkylation sites (tertiary alicyclic amines) is 1. The molecule has 1 heterocycles. The molecule has 1 N–H and O–H groups in total. The minimum Gasteiger partial charge on any atom is -0.495 e. The zero-order chi connectivity index (χ0) is 19.4. The third kappa shape index (κ3) is 4.60. The molecule has 3 rings (SSSR count). The standard InChI is InChI=1S/C21H24ClFN2O2/c1-14(16-7-8-18(23)17(22)13-16)25-11-9-15(10-12-25)21(26)24-19-5-3-4-6-20(19)27-2/h3-8,13-15H,9-12H2,1-2H3,(H,24,26). The highest BCUT2D eigenvalue weighted by atomic mass is 35.5. The highest BCUT2D eigenvalue weighted by Crippen LogP contribution is 2.30. The van der Waals surface area contributed by atoms with Crippen molar-refractivity contribution in [1.29, 1.82) is 0 Å². The second-order valence-electron chi connectivity index (χ2n) is 6.85. The minimum atomic E-state index is -0.403. The van der Waals surface area contributed by atoms with Crippen LogP contribution in [0.2, 0.25) is 5.02 Å². The summed E-state index contributed by atoms with van der Waals surface area (Å²) in [5.41, 5.74) is 1.68. The highest BCUT2D eigenvalue weighted by molar-refractivity contribution is 6.30. The number of hydrogen-bond acceptors (Lipinski definition) is 3. The minimum absolute atomic E-state index is 0.0247. The van der Waals surface area contributed by atoms with Crippen LogP contribution in [0.25, 0.3) is 0 Å². The number of carbonyl (C=O) groups excluding carboxylic acids is 1. The molecule has 1 aliphatic heterocycles. The summed E-state index contributed by atoms with van der Waals surface area (Å²) < 4.78 is 18.7. The molecule has 2 aromatic carbocycles. The van der Waals surface area contributed by atoms with Crippen molar-refractivity contribution in [2.24, 2.45) is 5.92 Å². The van der Waals surface area contributed by atoms with Gasteiger partial charge in [-0.25, -0.2) is 4.39 Å². The lowest BCUT2D eigenvalue weighted by molar-refractivity contribution is -0.121. The maximum absolute atomic E-state index is 13.4. The molecule has 1 amide bonds. The van der Waals surface area contributed by atoms with Crippen molar-refractivity contribution >= 4 is 23.2 Å². The van der Waals surface area contributed by atoms with Crippen molar-refractivity contribution in [3.05, 3.63) is 58.9 Å². The third-order valence-electron chi connectivity index (χ3n) is 5.24. The Kier molecular flexibility index (Phi) is 6.34.